The molecule has 0 saturated carbocycles. The van der Waals surface area contributed by atoms with E-state index in [4.69, 9.17) is 0 Å². The number of amides is 2. The van der Waals surface area contributed by atoms with Crippen molar-refractivity contribution in [2.24, 2.45) is 0 Å². The van der Waals surface area contributed by atoms with E-state index in [1.807, 2.05) is 62.5 Å². The van der Waals surface area contributed by atoms with Crippen molar-refractivity contribution in [1.82, 2.24) is 15.2 Å². The van der Waals surface area contributed by atoms with Crippen LogP contribution in [0.1, 0.15) is 44.4 Å². The average molecular weight is 423 g/mol. The lowest BCUT2D eigenvalue weighted by Crippen LogP contribution is -2.59. The molecule has 6 nitrogen and oxygen atoms in total. The number of nitrogens with zero attached hydrogens (tertiary/aromatic N) is 3. The summed E-state index contributed by atoms with van der Waals surface area (Å²) in [5.74, 6) is 0.786. The van der Waals surface area contributed by atoms with E-state index in [2.05, 4.69) is 15.2 Å². The molecule has 2 amide bonds. The third-order valence-corrected chi connectivity index (χ3v) is 5.93. The van der Waals surface area contributed by atoms with Crippen LogP contribution in [-0.4, -0.2) is 53.4 Å². The fraction of sp³-hybridized carbons (Fsp3) is 0.480. The first-order chi connectivity index (χ1) is 14.8. The molecule has 6 heteroatoms. The van der Waals surface area contributed by atoms with Gasteiger partial charge in [-0.15, -0.1) is 0 Å². The lowest BCUT2D eigenvalue weighted by atomic mass is 9.98. The number of hydrogen-bond donors (Lipinski definition) is 1. The van der Waals surface area contributed by atoms with Crippen LogP contribution in [-0.2, 0) is 16.0 Å². The Bertz CT molecular complexity index is 897. The van der Waals surface area contributed by atoms with Gasteiger partial charge in [0.15, 0.2) is 0 Å². The molecule has 1 N–H and O–H groups in total. The van der Waals surface area contributed by atoms with Crippen molar-refractivity contribution < 1.29 is 9.59 Å². The van der Waals surface area contributed by atoms with Crippen molar-refractivity contribution in [3.05, 3.63) is 59.8 Å². The van der Waals surface area contributed by atoms with Crippen molar-refractivity contribution in [3.8, 4) is 0 Å². The second kappa shape index (κ2) is 9.94. The monoisotopic (exact) mass is 422 g/mol. The van der Waals surface area contributed by atoms with Gasteiger partial charge in [-0.3, -0.25) is 9.59 Å². The van der Waals surface area contributed by atoms with Crippen molar-refractivity contribution in [2.45, 2.75) is 58.0 Å². The van der Waals surface area contributed by atoms with Gasteiger partial charge in [0.05, 0.1) is 0 Å². The van der Waals surface area contributed by atoms with Crippen LogP contribution in [0.25, 0.3) is 0 Å². The van der Waals surface area contributed by atoms with Gasteiger partial charge >= 0.3 is 0 Å². The van der Waals surface area contributed by atoms with Crippen LogP contribution in [0.2, 0.25) is 0 Å². The summed E-state index contributed by atoms with van der Waals surface area (Å²) in [4.78, 5) is 34.4. The Morgan fingerprint density at radius 1 is 1.16 bits per heavy atom. The normalized spacial score (nSPS) is 16.6. The van der Waals surface area contributed by atoms with Gasteiger partial charge in [0, 0.05) is 38.3 Å². The first-order valence-corrected chi connectivity index (χ1v) is 11.1. The van der Waals surface area contributed by atoms with Gasteiger partial charge in [0.25, 0.3) is 0 Å². The number of benzene rings is 1. The lowest BCUT2D eigenvalue weighted by Gasteiger charge is -2.41. The molecule has 166 valence electrons. The highest BCUT2D eigenvalue weighted by Crippen LogP contribution is 2.22. The first-order valence-electron chi connectivity index (χ1n) is 11.1. The molecular formula is C25H34N4O2. The average Bonchev–Trinajstić information content (AvgIpc) is 2.77. The van der Waals surface area contributed by atoms with Crippen LogP contribution in [0.4, 0.5) is 5.82 Å². The summed E-state index contributed by atoms with van der Waals surface area (Å²) in [5.41, 5.74) is 1.15. The number of carbonyl (C=O) groups is 2. The molecule has 0 bridgehead atoms. The van der Waals surface area contributed by atoms with Crippen LogP contribution < -0.4 is 10.2 Å². The molecule has 0 radical (unpaired) electrons. The molecule has 1 fully saturated rings. The molecule has 1 unspecified atom stereocenters. The summed E-state index contributed by atoms with van der Waals surface area (Å²) >= 11 is 0. The summed E-state index contributed by atoms with van der Waals surface area (Å²) < 4.78 is 0. The summed E-state index contributed by atoms with van der Waals surface area (Å²) in [5, 5.41) is 2.94. The van der Waals surface area contributed by atoms with Gasteiger partial charge in [-0.2, -0.15) is 0 Å². The van der Waals surface area contributed by atoms with Crippen molar-refractivity contribution in [2.75, 3.05) is 25.0 Å². The minimum Gasteiger partial charge on any atom is -0.355 e. The van der Waals surface area contributed by atoms with Crippen LogP contribution >= 0.6 is 0 Å². The highest BCUT2D eigenvalue weighted by molar-refractivity contribution is 5.90. The van der Waals surface area contributed by atoms with E-state index in [0.717, 1.165) is 43.0 Å². The molecule has 1 saturated heterocycles. The number of likely N-dealkylation sites (N-methyl/N-ethyl adjacent to an activating group) is 1. The minimum atomic E-state index is -0.952. The predicted molar refractivity (Wildman–Crippen MR) is 124 cm³/mol. The van der Waals surface area contributed by atoms with Crippen LogP contribution in [0.5, 0.6) is 0 Å². The first kappa shape index (κ1) is 22.8. The minimum absolute atomic E-state index is 0.0652. The Morgan fingerprint density at radius 2 is 1.90 bits per heavy atom. The fourth-order valence-electron chi connectivity index (χ4n) is 4.16. The third-order valence-electron chi connectivity index (χ3n) is 5.93. The molecule has 0 aliphatic carbocycles. The van der Waals surface area contributed by atoms with Gasteiger partial charge in [-0.25, -0.2) is 4.98 Å². The standard InChI is InChI=1S/C25H34N4O2/c1-19-10-8-14-22(26-19)29-17-9-13-21(18-29)28(4)24(31)25(2,3)27-23(30)16-15-20-11-6-5-7-12-20/h5-8,10-12,14,21H,9,13,15-18H2,1-4H3,(H,27,30). The molecule has 1 aromatic carbocycles. The number of pyridine rings is 1. The van der Waals surface area contributed by atoms with E-state index in [0.29, 0.717) is 12.8 Å². The predicted octanol–water partition coefficient (Wildman–Crippen LogP) is 3.34. The van der Waals surface area contributed by atoms with E-state index in [1.54, 1.807) is 18.7 Å². The van der Waals surface area contributed by atoms with Gasteiger partial charge in [-0.1, -0.05) is 36.4 Å². The topological polar surface area (TPSA) is 65.5 Å². The maximum absolute atomic E-state index is 13.2. The Hall–Kier alpha value is -2.89. The van der Waals surface area contributed by atoms with Gasteiger partial charge in [0.2, 0.25) is 11.8 Å². The molecule has 1 atom stereocenters. The Balaban J connectivity index is 1.57. The fourth-order valence-corrected chi connectivity index (χ4v) is 4.16. The van der Waals surface area contributed by atoms with Crippen LogP contribution in [0.15, 0.2) is 48.5 Å². The molecule has 31 heavy (non-hydrogen) atoms. The molecule has 1 aliphatic rings. The number of aromatic nitrogens is 1. The van der Waals surface area contributed by atoms with Crippen LogP contribution in [0.3, 0.4) is 0 Å². The van der Waals surface area contributed by atoms with Gasteiger partial charge in [0.1, 0.15) is 11.4 Å². The third kappa shape index (κ3) is 6.06. The highest BCUT2D eigenvalue weighted by atomic mass is 16.2. The highest BCUT2D eigenvalue weighted by Gasteiger charge is 2.36. The molecule has 2 heterocycles. The summed E-state index contributed by atoms with van der Waals surface area (Å²) in [7, 11) is 1.85. The van der Waals surface area contributed by atoms with Crippen molar-refractivity contribution >= 4 is 17.6 Å². The molecular weight excluding hydrogens is 388 g/mol. The van der Waals surface area contributed by atoms with E-state index in [1.165, 1.54) is 0 Å². The Morgan fingerprint density at radius 3 is 2.61 bits per heavy atom. The number of hydrogen-bond acceptors (Lipinski definition) is 4. The van der Waals surface area contributed by atoms with E-state index in [9.17, 15) is 9.59 Å². The maximum atomic E-state index is 13.2. The quantitative estimate of drug-likeness (QED) is 0.743. The Labute approximate surface area is 185 Å². The number of rotatable bonds is 7. The summed E-state index contributed by atoms with van der Waals surface area (Å²) in [6.45, 7) is 7.25. The number of anilines is 1. The largest absolute Gasteiger partial charge is 0.355 e. The number of nitrogens with one attached hydrogen (secondary N) is 1. The second-order valence-corrected chi connectivity index (χ2v) is 8.95. The second-order valence-electron chi connectivity index (χ2n) is 8.95. The number of piperidine rings is 1. The maximum Gasteiger partial charge on any atom is 0.247 e. The van der Waals surface area contributed by atoms with Gasteiger partial charge in [-0.05, 0) is 57.7 Å². The van der Waals surface area contributed by atoms with E-state index >= 15 is 0 Å². The molecule has 3 rings (SSSR count). The van der Waals surface area contributed by atoms with Crippen molar-refractivity contribution in [1.29, 1.82) is 0 Å². The summed E-state index contributed by atoms with van der Waals surface area (Å²) in [6.07, 6.45) is 2.97. The molecule has 1 aromatic heterocycles. The zero-order chi connectivity index (χ0) is 22.4. The molecule has 1 aliphatic heterocycles. The molecule has 0 spiro atoms. The van der Waals surface area contributed by atoms with E-state index in [-0.39, 0.29) is 17.9 Å². The smallest absolute Gasteiger partial charge is 0.247 e. The zero-order valence-electron chi connectivity index (χ0n) is 19.1. The van der Waals surface area contributed by atoms with Gasteiger partial charge < -0.3 is 15.1 Å². The summed E-state index contributed by atoms with van der Waals surface area (Å²) in [6, 6.07) is 16.0. The van der Waals surface area contributed by atoms with E-state index < -0.39 is 5.54 Å². The zero-order valence-corrected chi connectivity index (χ0v) is 19.1. The van der Waals surface area contributed by atoms with Crippen molar-refractivity contribution in [3.63, 3.8) is 0 Å². The molecule has 2 aromatic rings. The van der Waals surface area contributed by atoms with Crippen LogP contribution in [0, 0.1) is 6.92 Å². The number of aryl methyl sites for hydroxylation is 2. The SMILES string of the molecule is Cc1cccc(N2CCCC(N(C)C(=O)C(C)(C)NC(=O)CCc3ccccc3)C2)n1. The Kier molecular flexibility index (Phi) is 7.31. The lowest BCUT2D eigenvalue weighted by molar-refractivity contribution is -0.141. The number of carbonyl (C=O) groups excluding carboxylic acids is 2.